The number of benzene rings is 4. The number of hydrogen-bond acceptors (Lipinski definition) is 3. The summed E-state index contributed by atoms with van der Waals surface area (Å²) in [5.41, 5.74) is 17.5. The van der Waals surface area contributed by atoms with E-state index in [9.17, 15) is 0 Å². The van der Waals surface area contributed by atoms with Gasteiger partial charge in [-0.15, -0.1) is 0 Å². The van der Waals surface area contributed by atoms with Gasteiger partial charge in [0.2, 0.25) is 0 Å². The van der Waals surface area contributed by atoms with Crippen molar-refractivity contribution in [3.8, 4) is 0 Å². The number of anilines is 4. The normalized spacial score (nSPS) is 14.1. The lowest BCUT2D eigenvalue weighted by Crippen LogP contribution is -2.06. The fourth-order valence-corrected chi connectivity index (χ4v) is 7.71. The molecule has 1 unspecified atom stereocenters. The SMILES string of the molecule is C=Cc1ccc(Nc2ccc3c(c2)c2c(n3C(C)/C=C\C(=C/C)Nc3ccc(C)c(CCCC)c3)C=CC(Nc3ccc4c(c3)C=CCC=C4)=CC2)cc1C=C. The Bertz CT molecular complexity index is 2460. The van der Waals surface area contributed by atoms with E-state index in [1.165, 1.54) is 57.3 Å². The van der Waals surface area contributed by atoms with Gasteiger partial charge >= 0.3 is 0 Å². The van der Waals surface area contributed by atoms with Crippen LogP contribution >= 0.6 is 0 Å². The first-order valence-electron chi connectivity index (χ1n) is 20.0. The first-order chi connectivity index (χ1) is 27.4. The molecule has 4 aromatic carbocycles. The molecule has 0 radical (unpaired) electrons. The highest BCUT2D eigenvalue weighted by atomic mass is 15.0. The highest BCUT2D eigenvalue weighted by Gasteiger charge is 2.20. The molecule has 1 aromatic heterocycles. The molecule has 1 atom stereocenters. The van der Waals surface area contributed by atoms with E-state index in [1.54, 1.807) is 0 Å². The minimum absolute atomic E-state index is 0.0834. The summed E-state index contributed by atoms with van der Waals surface area (Å²) in [5, 5.41) is 12.3. The Kier molecular flexibility index (Phi) is 11.9. The lowest BCUT2D eigenvalue weighted by atomic mass is 10.0. The molecule has 2 aliphatic carbocycles. The number of nitrogens with zero attached hydrogens (tertiary/aromatic N) is 1. The largest absolute Gasteiger partial charge is 0.356 e. The van der Waals surface area contributed by atoms with Crippen molar-refractivity contribution in [2.75, 3.05) is 16.0 Å². The van der Waals surface area contributed by atoms with Crippen LogP contribution in [-0.4, -0.2) is 4.57 Å². The van der Waals surface area contributed by atoms with Crippen LogP contribution in [0.25, 0.3) is 41.3 Å². The van der Waals surface area contributed by atoms with E-state index in [2.05, 4.69) is 195 Å². The van der Waals surface area contributed by atoms with Crippen LogP contribution in [0.4, 0.5) is 22.7 Å². The van der Waals surface area contributed by atoms with Gasteiger partial charge in [-0.2, -0.15) is 0 Å². The quantitative estimate of drug-likeness (QED) is 0.0995. The Hall–Kier alpha value is -6.26. The molecule has 0 saturated carbocycles. The van der Waals surface area contributed by atoms with E-state index in [0.29, 0.717) is 0 Å². The molecule has 0 spiro atoms. The van der Waals surface area contributed by atoms with Crippen molar-refractivity contribution in [1.29, 1.82) is 0 Å². The number of unbranched alkanes of at least 4 members (excludes halogenated alkanes) is 1. The second-order valence-corrected chi connectivity index (χ2v) is 14.8. The first-order valence-corrected chi connectivity index (χ1v) is 20.0. The van der Waals surface area contributed by atoms with Crippen molar-refractivity contribution < 1.29 is 0 Å². The molecule has 282 valence electrons. The summed E-state index contributed by atoms with van der Waals surface area (Å²) in [6, 6.07) is 26.5. The molecule has 0 amide bonds. The van der Waals surface area contributed by atoms with Gasteiger partial charge in [0.25, 0.3) is 0 Å². The molecule has 4 nitrogen and oxygen atoms in total. The molecule has 0 bridgehead atoms. The zero-order valence-corrected chi connectivity index (χ0v) is 33.3. The number of aromatic nitrogens is 1. The first kappa shape index (κ1) is 38.0. The van der Waals surface area contributed by atoms with Crippen LogP contribution in [0.2, 0.25) is 0 Å². The molecule has 5 aromatic rings. The number of nitrogens with one attached hydrogen (secondary N) is 3. The smallest absolute Gasteiger partial charge is 0.0498 e. The number of rotatable bonds is 14. The second-order valence-electron chi connectivity index (χ2n) is 14.8. The third-order valence-corrected chi connectivity index (χ3v) is 10.9. The minimum atomic E-state index is 0.0834. The molecule has 2 aliphatic rings. The van der Waals surface area contributed by atoms with Crippen LogP contribution in [0.15, 0.2) is 140 Å². The van der Waals surface area contributed by atoms with Gasteiger partial charge in [0, 0.05) is 56.8 Å². The van der Waals surface area contributed by atoms with Crippen LogP contribution in [0.5, 0.6) is 0 Å². The average molecular weight is 735 g/mol. The van der Waals surface area contributed by atoms with Gasteiger partial charge in [-0.1, -0.05) is 99.4 Å². The molecule has 0 saturated heterocycles. The van der Waals surface area contributed by atoms with Crippen LogP contribution < -0.4 is 16.0 Å². The topological polar surface area (TPSA) is 41.0 Å². The highest BCUT2D eigenvalue weighted by Crippen LogP contribution is 2.36. The summed E-state index contributed by atoms with van der Waals surface area (Å²) in [6.45, 7) is 16.8. The fraction of sp³-hybridized carbons (Fsp3) is 0.192. The molecule has 0 aliphatic heterocycles. The van der Waals surface area contributed by atoms with Crippen molar-refractivity contribution in [2.45, 2.75) is 65.8 Å². The monoisotopic (exact) mass is 734 g/mol. The predicted molar refractivity (Wildman–Crippen MR) is 246 cm³/mol. The maximum absolute atomic E-state index is 4.01. The van der Waals surface area contributed by atoms with E-state index >= 15 is 0 Å². The number of allylic oxidation sites excluding steroid dienone is 7. The van der Waals surface area contributed by atoms with Crippen molar-refractivity contribution in [2.24, 2.45) is 0 Å². The Morgan fingerprint density at radius 1 is 0.804 bits per heavy atom. The van der Waals surface area contributed by atoms with E-state index in [1.807, 2.05) is 12.2 Å². The highest BCUT2D eigenvalue weighted by molar-refractivity contribution is 5.92. The van der Waals surface area contributed by atoms with Crippen LogP contribution in [0.3, 0.4) is 0 Å². The Morgan fingerprint density at radius 2 is 1.55 bits per heavy atom. The Labute approximate surface area is 333 Å². The minimum Gasteiger partial charge on any atom is -0.356 e. The Morgan fingerprint density at radius 3 is 2.36 bits per heavy atom. The second kappa shape index (κ2) is 17.5. The van der Waals surface area contributed by atoms with Gasteiger partial charge in [0.1, 0.15) is 0 Å². The number of hydrogen-bond donors (Lipinski definition) is 3. The average Bonchev–Trinajstić information content (AvgIpc) is 3.36. The van der Waals surface area contributed by atoms with E-state index in [-0.39, 0.29) is 6.04 Å². The lowest BCUT2D eigenvalue weighted by molar-refractivity contribution is 0.679. The molecule has 1 heterocycles. The van der Waals surface area contributed by atoms with Gasteiger partial charge in [0.15, 0.2) is 0 Å². The van der Waals surface area contributed by atoms with E-state index < -0.39 is 0 Å². The van der Waals surface area contributed by atoms with E-state index in [0.717, 1.165) is 64.5 Å². The fourth-order valence-electron chi connectivity index (χ4n) is 7.71. The van der Waals surface area contributed by atoms with Crippen molar-refractivity contribution in [3.63, 3.8) is 0 Å². The summed E-state index contributed by atoms with van der Waals surface area (Å²) in [4.78, 5) is 0. The maximum atomic E-state index is 4.01. The van der Waals surface area contributed by atoms with Crippen molar-refractivity contribution >= 4 is 64.0 Å². The van der Waals surface area contributed by atoms with Crippen LogP contribution in [0.1, 0.15) is 90.7 Å². The third kappa shape index (κ3) is 8.50. The van der Waals surface area contributed by atoms with Crippen LogP contribution in [-0.2, 0) is 12.8 Å². The standard InChI is InChI=1S/C52H54N4/c1-7-11-15-41-33-45(22-18-36(41)5)53-43(10-4)23-19-37(6)56-51-30-27-44(54-47-25-21-40-16-13-12-14-17-42(40)34-47)26-29-49(51)50-35-48(28-31-52(50)56)55-46-24-20-38(8-2)39(9-3)32-46/h8-10,13-14,16-28,30-35,37,53-55H,2-3,7,11-12,15,29H2,1,4-6H3/b23-19-,43-10+. The summed E-state index contributed by atoms with van der Waals surface area (Å²) < 4.78 is 2.48. The van der Waals surface area contributed by atoms with Gasteiger partial charge in [-0.25, -0.2) is 0 Å². The van der Waals surface area contributed by atoms with Crippen LogP contribution in [0, 0.1) is 6.92 Å². The third-order valence-electron chi connectivity index (χ3n) is 10.9. The van der Waals surface area contributed by atoms with Gasteiger partial charge in [0.05, 0.1) is 0 Å². The summed E-state index contributed by atoms with van der Waals surface area (Å²) in [6.07, 6.45) is 31.4. The number of aryl methyl sites for hydroxylation is 2. The number of fused-ring (bicyclic) bond motifs is 4. The molecular weight excluding hydrogens is 681 g/mol. The Balaban J connectivity index is 1.21. The van der Waals surface area contributed by atoms with Gasteiger partial charge in [-0.05, 0) is 158 Å². The van der Waals surface area contributed by atoms with Gasteiger partial charge in [-0.3, -0.25) is 0 Å². The maximum Gasteiger partial charge on any atom is 0.0498 e. The molecule has 3 N–H and O–H groups in total. The summed E-state index contributed by atoms with van der Waals surface area (Å²) in [7, 11) is 0. The molecule has 56 heavy (non-hydrogen) atoms. The summed E-state index contributed by atoms with van der Waals surface area (Å²) >= 11 is 0. The zero-order valence-electron chi connectivity index (χ0n) is 33.3. The molecule has 0 fully saturated rings. The van der Waals surface area contributed by atoms with E-state index in [4.69, 9.17) is 0 Å². The summed E-state index contributed by atoms with van der Waals surface area (Å²) in [5.74, 6) is 0. The molecule has 7 rings (SSSR count). The van der Waals surface area contributed by atoms with Gasteiger partial charge < -0.3 is 20.5 Å². The molecular formula is C52H54N4. The van der Waals surface area contributed by atoms with Crippen molar-refractivity contribution in [1.82, 2.24) is 4.57 Å². The molecule has 4 heteroatoms. The van der Waals surface area contributed by atoms with Crippen molar-refractivity contribution in [3.05, 3.63) is 185 Å². The predicted octanol–water partition coefficient (Wildman–Crippen LogP) is 14.5. The lowest BCUT2D eigenvalue weighted by Gasteiger charge is -2.16. The zero-order chi connectivity index (χ0) is 39.0.